The molecule has 2 saturated heterocycles. The van der Waals surface area contributed by atoms with Crippen molar-refractivity contribution in [2.24, 2.45) is 0 Å². The number of nitrogens with zero attached hydrogens (tertiary/aromatic N) is 2. The molecule has 2 aliphatic heterocycles. The Morgan fingerprint density at radius 2 is 1.92 bits per heavy atom. The van der Waals surface area contributed by atoms with E-state index in [2.05, 4.69) is 5.32 Å². The second kappa shape index (κ2) is 6.62. The first-order valence-corrected chi connectivity index (χ1v) is 8.25. The first kappa shape index (κ1) is 18.2. The summed E-state index contributed by atoms with van der Waals surface area (Å²) < 4.78 is 39.7. The Bertz CT molecular complexity index is 763. The van der Waals surface area contributed by atoms with Crippen LogP contribution >= 0.6 is 0 Å². The summed E-state index contributed by atoms with van der Waals surface area (Å²) in [7, 11) is 1.59. The van der Waals surface area contributed by atoms with Crippen molar-refractivity contribution in [1.29, 1.82) is 0 Å². The maximum Gasteiger partial charge on any atom is 0.416 e. The summed E-state index contributed by atoms with van der Waals surface area (Å²) in [5.41, 5.74) is -1.19. The second-order valence-corrected chi connectivity index (χ2v) is 6.49. The fraction of sp³-hybridized carbons (Fsp3) is 0.471. The smallest absolute Gasteiger partial charge is 0.344 e. The molecule has 9 heteroatoms. The van der Waals surface area contributed by atoms with Crippen LogP contribution in [-0.4, -0.2) is 48.8 Å². The molecule has 1 aromatic carbocycles. The lowest BCUT2D eigenvalue weighted by Crippen LogP contribution is -2.40. The lowest BCUT2D eigenvalue weighted by molar-refractivity contribution is -0.137. The number of anilines is 1. The van der Waals surface area contributed by atoms with Gasteiger partial charge in [-0.25, -0.2) is 0 Å². The molecule has 6 nitrogen and oxygen atoms in total. The van der Waals surface area contributed by atoms with Crippen LogP contribution in [0.1, 0.15) is 35.2 Å². The Kier molecular flexibility index (Phi) is 4.64. The third-order valence-corrected chi connectivity index (χ3v) is 4.63. The molecule has 2 aliphatic rings. The molecule has 0 spiro atoms. The highest BCUT2D eigenvalue weighted by Crippen LogP contribution is 2.34. The number of hydrogen-bond donors (Lipinski definition) is 1. The highest BCUT2D eigenvalue weighted by Gasteiger charge is 2.35. The first-order chi connectivity index (χ1) is 12.2. The molecule has 3 amide bonds. The van der Waals surface area contributed by atoms with Gasteiger partial charge in [0.15, 0.2) is 0 Å². The van der Waals surface area contributed by atoms with Crippen LogP contribution in [0.5, 0.6) is 0 Å². The lowest BCUT2D eigenvalue weighted by Gasteiger charge is -2.20. The standard InChI is InChI=1S/C17H18F3N3O3/c1-22-6-4-13(16(22)26)21-15(25)10-7-11(17(18,19)20)9-12(8-10)23-5-2-3-14(23)24/h7-9,13H,2-6H2,1H3,(H,21,25). The minimum Gasteiger partial charge on any atom is -0.344 e. The molecule has 26 heavy (non-hydrogen) atoms. The van der Waals surface area contributed by atoms with Crippen LogP contribution in [0.25, 0.3) is 0 Å². The number of halogens is 3. The van der Waals surface area contributed by atoms with Crippen LogP contribution < -0.4 is 10.2 Å². The zero-order valence-electron chi connectivity index (χ0n) is 14.1. The van der Waals surface area contributed by atoms with Crippen LogP contribution in [-0.2, 0) is 15.8 Å². The largest absolute Gasteiger partial charge is 0.416 e. The third kappa shape index (κ3) is 3.51. The van der Waals surface area contributed by atoms with E-state index < -0.39 is 23.7 Å². The third-order valence-electron chi connectivity index (χ3n) is 4.63. The van der Waals surface area contributed by atoms with Gasteiger partial charge in [-0.3, -0.25) is 14.4 Å². The van der Waals surface area contributed by atoms with E-state index in [1.54, 1.807) is 7.05 Å². The van der Waals surface area contributed by atoms with Gasteiger partial charge in [-0.2, -0.15) is 13.2 Å². The van der Waals surface area contributed by atoms with Crippen LogP contribution in [0.4, 0.5) is 18.9 Å². The van der Waals surface area contributed by atoms with Crippen molar-refractivity contribution < 1.29 is 27.6 Å². The Morgan fingerprint density at radius 1 is 1.19 bits per heavy atom. The van der Waals surface area contributed by atoms with Crippen LogP contribution in [0.3, 0.4) is 0 Å². The minimum atomic E-state index is -4.66. The summed E-state index contributed by atoms with van der Waals surface area (Å²) in [6.07, 6.45) is -3.44. The summed E-state index contributed by atoms with van der Waals surface area (Å²) in [5, 5.41) is 2.48. The van der Waals surface area contributed by atoms with Crippen LogP contribution in [0.2, 0.25) is 0 Å². The van der Waals surface area contributed by atoms with Gasteiger partial charge in [0, 0.05) is 37.8 Å². The van der Waals surface area contributed by atoms with Crippen LogP contribution in [0, 0.1) is 0 Å². The fourth-order valence-corrected chi connectivity index (χ4v) is 3.18. The average Bonchev–Trinajstić information content (AvgIpc) is 3.14. The molecule has 140 valence electrons. The number of hydrogen-bond acceptors (Lipinski definition) is 3. The number of carbonyl (C=O) groups is 3. The molecule has 3 rings (SSSR count). The maximum absolute atomic E-state index is 13.2. The van der Waals surface area contributed by atoms with Crippen molar-refractivity contribution in [3.63, 3.8) is 0 Å². The van der Waals surface area contributed by atoms with Gasteiger partial charge >= 0.3 is 6.18 Å². The molecular weight excluding hydrogens is 351 g/mol. The fourth-order valence-electron chi connectivity index (χ4n) is 3.18. The van der Waals surface area contributed by atoms with Crippen molar-refractivity contribution in [1.82, 2.24) is 10.2 Å². The van der Waals surface area contributed by atoms with E-state index in [-0.39, 0.29) is 29.5 Å². The molecule has 0 aromatic heterocycles. The Labute approximate surface area is 147 Å². The monoisotopic (exact) mass is 369 g/mol. The number of benzene rings is 1. The molecular formula is C17H18F3N3O3. The van der Waals surface area contributed by atoms with Crippen molar-refractivity contribution in [2.75, 3.05) is 25.0 Å². The van der Waals surface area contributed by atoms with E-state index in [1.807, 2.05) is 0 Å². The summed E-state index contributed by atoms with van der Waals surface area (Å²) >= 11 is 0. The second-order valence-electron chi connectivity index (χ2n) is 6.49. The van der Waals surface area contributed by atoms with E-state index >= 15 is 0 Å². The lowest BCUT2D eigenvalue weighted by atomic mass is 10.1. The summed E-state index contributed by atoms with van der Waals surface area (Å²) in [5.74, 6) is -1.32. The number of alkyl halides is 3. The topological polar surface area (TPSA) is 69.7 Å². The van der Waals surface area contributed by atoms with Gasteiger partial charge in [0.1, 0.15) is 6.04 Å². The van der Waals surface area contributed by atoms with E-state index in [0.29, 0.717) is 25.9 Å². The number of amides is 3. The molecule has 2 heterocycles. The minimum absolute atomic E-state index is 0.0438. The van der Waals surface area contributed by atoms with Crippen molar-refractivity contribution in [3.8, 4) is 0 Å². The summed E-state index contributed by atoms with van der Waals surface area (Å²) in [6, 6.07) is 2.12. The molecule has 0 radical (unpaired) electrons. The number of carbonyl (C=O) groups excluding carboxylic acids is 3. The number of likely N-dealkylation sites (tertiary alicyclic amines) is 1. The zero-order chi connectivity index (χ0) is 19.1. The molecule has 1 aromatic rings. The molecule has 0 saturated carbocycles. The van der Waals surface area contributed by atoms with Gasteiger partial charge in [0.05, 0.1) is 5.56 Å². The highest BCUT2D eigenvalue weighted by atomic mass is 19.4. The average molecular weight is 369 g/mol. The normalized spacial score (nSPS) is 20.8. The van der Waals surface area contributed by atoms with Gasteiger partial charge in [-0.05, 0) is 31.0 Å². The quantitative estimate of drug-likeness (QED) is 0.883. The highest BCUT2D eigenvalue weighted by molar-refractivity contribution is 6.01. The molecule has 0 aliphatic carbocycles. The number of likely N-dealkylation sites (N-methyl/N-ethyl adjacent to an activating group) is 1. The van der Waals surface area contributed by atoms with Crippen molar-refractivity contribution in [2.45, 2.75) is 31.5 Å². The Morgan fingerprint density at radius 3 is 2.46 bits per heavy atom. The van der Waals surface area contributed by atoms with Gasteiger partial charge in [0.25, 0.3) is 5.91 Å². The van der Waals surface area contributed by atoms with Crippen molar-refractivity contribution in [3.05, 3.63) is 29.3 Å². The van der Waals surface area contributed by atoms with Gasteiger partial charge in [-0.15, -0.1) is 0 Å². The number of nitrogens with one attached hydrogen (secondary N) is 1. The SMILES string of the molecule is CN1CCC(NC(=O)c2cc(N3CCCC3=O)cc(C(F)(F)F)c2)C1=O. The first-order valence-electron chi connectivity index (χ1n) is 8.25. The van der Waals surface area contributed by atoms with E-state index in [0.717, 1.165) is 12.1 Å². The molecule has 1 unspecified atom stereocenters. The summed E-state index contributed by atoms with van der Waals surface area (Å²) in [4.78, 5) is 38.9. The summed E-state index contributed by atoms with van der Waals surface area (Å²) in [6.45, 7) is 0.785. The Hall–Kier alpha value is -2.58. The molecule has 2 fully saturated rings. The Balaban J connectivity index is 1.91. The van der Waals surface area contributed by atoms with Gasteiger partial charge in [-0.1, -0.05) is 0 Å². The van der Waals surface area contributed by atoms with Crippen molar-refractivity contribution >= 4 is 23.4 Å². The predicted octanol–water partition coefficient (Wildman–Crippen LogP) is 1.79. The maximum atomic E-state index is 13.2. The van der Waals surface area contributed by atoms with E-state index in [4.69, 9.17) is 0 Å². The van der Waals surface area contributed by atoms with Crippen LogP contribution in [0.15, 0.2) is 18.2 Å². The predicted molar refractivity (Wildman–Crippen MR) is 86.5 cm³/mol. The molecule has 1 N–H and O–H groups in total. The molecule has 1 atom stereocenters. The number of rotatable bonds is 3. The van der Waals surface area contributed by atoms with E-state index in [1.165, 1.54) is 15.9 Å². The van der Waals surface area contributed by atoms with Gasteiger partial charge in [0.2, 0.25) is 11.8 Å². The molecule has 0 bridgehead atoms. The zero-order valence-corrected chi connectivity index (χ0v) is 14.1. The van der Waals surface area contributed by atoms with E-state index in [9.17, 15) is 27.6 Å². The van der Waals surface area contributed by atoms with Gasteiger partial charge < -0.3 is 15.1 Å².